The fourth-order valence-electron chi connectivity index (χ4n) is 4.93. The number of rotatable bonds is 32. The molecule has 0 aromatic heterocycles. The largest absolute Gasteiger partial charge is 0.885 e. The smallest absolute Gasteiger partial charge is 0.589 e. The molecule has 245 valence electrons. The summed E-state index contributed by atoms with van der Waals surface area (Å²) in [7, 11) is 0. The second kappa shape index (κ2) is 37.9. The zero-order valence-corrected chi connectivity index (χ0v) is 29.0. The van der Waals surface area contributed by atoms with Crippen molar-refractivity contribution in [2.24, 2.45) is 0 Å². The second-order valence-electron chi connectivity index (χ2n) is 11.7. The van der Waals surface area contributed by atoms with E-state index in [-0.39, 0.29) is 17.4 Å². The Morgan fingerprint density at radius 3 is 1.00 bits per heavy atom. The molecule has 1 radical (unpaired) electrons. The van der Waals surface area contributed by atoms with Gasteiger partial charge < -0.3 is 13.1 Å². The van der Waals surface area contributed by atoms with E-state index in [2.05, 4.69) is 38.2 Å². The number of hydrogen-bond donors (Lipinski definition) is 0. The summed E-state index contributed by atoms with van der Waals surface area (Å²) in [6.07, 6.45) is 42.4. The predicted molar refractivity (Wildman–Crippen MR) is 180 cm³/mol. The predicted octanol–water partition coefficient (Wildman–Crippen LogP) is 10.9. The zero-order chi connectivity index (χ0) is 29.9. The molecule has 0 aliphatic rings. The lowest BCUT2D eigenvalue weighted by molar-refractivity contribution is -0.139. The quantitative estimate of drug-likeness (QED) is 0.0432. The van der Waals surface area contributed by atoms with Gasteiger partial charge in [-0.3, -0.25) is 9.59 Å². The van der Waals surface area contributed by atoms with Crippen LogP contribution < -0.4 is 0 Å². The molecular formula is C36H68AlO5. The van der Waals surface area contributed by atoms with Crippen molar-refractivity contribution < 1.29 is 22.6 Å². The number of unbranched alkanes of at least 4 members (excludes halogenated alkanes) is 22. The Bertz CT molecular complexity index is 568. The number of carbonyl (C=O) groups excluding carboxylic acids is 2. The van der Waals surface area contributed by atoms with Gasteiger partial charge in [-0.2, -0.15) is 0 Å². The lowest BCUT2D eigenvalue weighted by Gasteiger charge is -2.06. The highest BCUT2D eigenvalue weighted by molar-refractivity contribution is 6.25. The van der Waals surface area contributed by atoms with Crippen molar-refractivity contribution >= 4 is 27.8 Å². The van der Waals surface area contributed by atoms with Crippen molar-refractivity contribution in [1.82, 2.24) is 0 Å². The van der Waals surface area contributed by atoms with E-state index in [1.54, 1.807) is 0 Å². The fourth-order valence-corrected chi connectivity index (χ4v) is 5.43. The first-order valence-electron chi connectivity index (χ1n) is 17.7. The van der Waals surface area contributed by atoms with Crippen LogP contribution >= 0.6 is 0 Å². The molecule has 0 saturated heterocycles. The lowest BCUT2D eigenvalue weighted by Crippen LogP contribution is -2.15. The van der Waals surface area contributed by atoms with Crippen molar-refractivity contribution in [2.45, 2.75) is 194 Å². The maximum absolute atomic E-state index is 11.9. The molecule has 0 aromatic rings. The Morgan fingerprint density at radius 1 is 0.429 bits per heavy atom. The Balaban J connectivity index is 0. The Kier molecular flexibility index (Phi) is 38.9. The topological polar surface area (TPSA) is 84.1 Å². The summed E-state index contributed by atoms with van der Waals surface area (Å²) in [5.74, 6) is -0.460. The van der Waals surface area contributed by atoms with Gasteiger partial charge in [0, 0.05) is 12.8 Å². The third-order valence-electron chi connectivity index (χ3n) is 7.64. The van der Waals surface area contributed by atoms with E-state index >= 15 is 0 Å². The van der Waals surface area contributed by atoms with E-state index in [1.807, 2.05) is 0 Å². The molecule has 6 heteroatoms. The van der Waals surface area contributed by atoms with Crippen LogP contribution in [-0.2, 0) is 17.2 Å². The zero-order valence-electron chi connectivity index (χ0n) is 27.8. The molecule has 0 fully saturated rings. The van der Waals surface area contributed by atoms with Crippen molar-refractivity contribution in [3.8, 4) is 0 Å². The first-order valence-corrected chi connectivity index (χ1v) is 18.7. The number of carbonyl (C=O) groups is 2. The molecule has 0 rings (SSSR count). The van der Waals surface area contributed by atoms with Crippen LogP contribution in [0.3, 0.4) is 0 Å². The van der Waals surface area contributed by atoms with Gasteiger partial charge in [-0.1, -0.05) is 141 Å². The summed E-state index contributed by atoms with van der Waals surface area (Å²) in [4.78, 5) is 23.7. The van der Waals surface area contributed by atoms with Crippen LogP contribution in [0.5, 0.6) is 0 Å². The van der Waals surface area contributed by atoms with Crippen LogP contribution in [0.25, 0.3) is 0 Å². The van der Waals surface area contributed by atoms with Gasteiger partial charge in [-0.15, -0.1) is 0 Å². The molecule has 0 aliphatic carbocycles. The third kappa shape index (κ3) is 36.9. The van der Waals surface area contributed by atoms with Gasteiger partial charge in [0.2, 0.25) is 0 Å². The monoisotopic (exact) mass is 607 g/mol. The van der Waals surface area contributed by atoms with E-state index in [0.717, 1.165) is 38.5 Å². The van der Waals surface area contributed by atoms with Gasteiger partial charge in [0.25, 0.3) is 11.9 Å². The minimum Gasteiger partial charge on any atom is -0.589 e. The molecule has 42 heavy (non-hydrogen) atoms. The summed E-state index contributed by atoms with van der Waals surface area (Å²) < 4.78 is 10.3. The van der Waals surface area contributed by atoms with Crippen LogP contribution in [0.1, 0.15) is 194 Å². The average molecular weight is 608 g/mol. The van der Waals surface area contributed by atoms with Gasteiger partial charge in [0.15, 0.2) is 0 Å². The van der Waals surface area contributed by atoms with Crippen LogP contribution in [0, 0.1) is 0 Å². The van der Waals surface area contributed by atoms with Crippen molar-refractivity contribution in [3.63, 3.8) is 0 Å². The summed E-state index contributed by atoms with van der Waals surface area (Å²) in [6, 6.07) is 0. The van der Waals surface area contributed by atoms with E-state index in [0.29, 0.717) is 12.8 Å². The highest BCUT2D eigenvalue weighted by Crippen LogP contribution is 2.12. The molecule has 0 saturated carbocycles. The maximum atomic E-state index is 11.9. The van der Waals surface area contributed by atoms with E-state index in [4.69, 9.17) is 7.58 Å². The molecule has 0 amide bonds. The van der Waals surface area contributed by atoms with E-state index in [1.165, 1.54) is 128 Å². The maximum Gasteiger partial charge on any atom is 0.885 e. The van der Waals surface area contributed by atoms with Crippen LogP contribution in [0.15, 0.2) is 24.3 Å². The molecule has 0 unspecified atom stereocenters. The highest BCUT2D eigenvalue weighted by atomic mass is 27.2. The van der Waals surface area contributed by atoms with E-state index < -0.39 is 15.9 Å². The lowest BCUT2D eigenvalue weighted by atomic mass is 10.1. The Morgan fingerprint density at radius 2 is 0.690 bits per heavy atom. The molecule has 0 spiro atoms. The Labute approximate surface area is 267 Å². The summed E-state index contributed by atoms with van der Waals surface area (Å²) >= 11 is -1.01. The highest BCUT2D eigenvalue weighted by Gasteiger charge is 2.13. The molecule has 0 aromatic carbocycles. The van der Waals surface area contributed by atoms with Crippen LogP contribution in [0.4, 0.5) is 0 Å². The number of allylic oxidation sites excluding steroid dienone is 4. The number of hydrogen-bond acceptors (Lipinski definition) is 4. The van der Waals surface area contributed by atoms with E-state index in [9.17, 15) is 9.59 Å². The summed E-state index contributed by atoms with van der Waals surface area (Å²) in [6.45, 7) is 4.53. The standard InChI is InChI=1S/2C18H34O2.Al.H2O/c2*1-2-3-4-5-6-7-8-9-10-11-12-13-14-15-16-17-18(19)20;;/h2*9-10H,2-8,11-17H2,1H3,(H,19,20);;1H2/q;;+2;/p-2/b2*10-9+;;. The second-order valence-corrected chi connectivity index (χ2v) is 12.4. The van der Waals surface area contributed by atoms with Crippen LogP contribution in [0.2, 0.25) is 0 Å². The molecule has 5 nitrogen and oxygen atoms in total. The van der Waals surface area contributed by atoms with Crippen molar-refractivity contribution in [3.05, 3.63) is 24.3 Å². The molecule has 0 heterocycles. The van der Waals surface area contributed by atoms with Gasteiger partial charge in [0.05, 0.1) is 0 Å². The van der Waals surface area contributed by atoms with Gasteiger partial charge in [0.1, 0.15) is 0 Å². The summed E-state index contributed by atoms with van der Waals surface area (Å²) in [5, 5.41) is 0. The molecule has 2 N–H and O–H groups in total. The molecule has 0 aliphatic heterocycles. The molecule has 0 atom stereocenters. The first kappa shape index (κ1) is 43.0. The third-order valence-corrected chi connectivity index (χ3v) is 8.36. The van der Waals surface area contributed by atoms with Gasteiger partial charge in [-0.25, -0.2) is 0 Å². The average Bonchev–Trinajstić information content (AvgIpc) is 2.97. The minimum absolute atomic E-state index is 0. The van der Waals surface area contributed by atoms with Crippen molar-refractivity contribution in [1.29, 1.82) is 0 Å². The Hall–Kier alpha value is -1.09. The van der Waals surface area contributed by atoms with Crippen LogP contribution in [-0.4, -0.2) is 33.3 Å². The van der Waals surface area contributed by atoms with Gasteiger partial charge in [-0.05, 0) is 64.2 Å². The van der Waals surface area contributed by atoms with Crippen molar-refractivity contribution in [2.75, 3.05) is 0 Å². The normalized spacial score (nSPS) is 11.2. The fraction of sp³-hybridized carbons (Fsp3) is 0.833. The molecule has 0 bridgehead atoms. The minimum atomic E-state index is -1.01. The molecular weight excluding hydrogens is 539 g/mol. The first-order chi connectivity index (χ1) is 20.2. The SMILES string of the molecule is CCCCCCCC/C=C/CCCCCCCC(=O)[O][Al][O]C(=O)CCCCCCC/C=C/CCCCCCCC.O. The summed E-state index contributed by atoms with van der Waals surface area (Å²) in [5.41, 5.74) is 0. The van der Waals surface area contributed by atoms with Gasteiger partial charge >= 0.3 is 15.9 Å².